The van der Waals surface area contributed by atoms with Crippen molar-refractivity contribution in [1.82, 2.24) is 4.98 Å². The maximum atomic E-state index is 9.65. The average molecular weight is 468 g/mol. The molecule has 4 aliphatic rings. The summed E-state index contributed by atoms with van der Waals surface area (Å²) < 4.78 is 5.66. The zero-order valence-electron chi connectivity index (χ0n) is 19.6. The second-order valence-corrected chi connectivity index (χ2v) is 9.27. The molecule has 2 bridgehead atoms. The Kier molecular flexibility index (Phi) is 6.64. The topological polar surface area (TPSA) is 105 Å². The standard InChI is InChI=1S/C17H18N4O2.C11H11N/c18-8-11-1-2-13(22)6-16(11)20-12-3-4-19-17(5-12)21-9-14-7-15(10-21)23-14;12-8-9-5-6-10-3-1-2-4-11(10)7-9/h1-6,8,14-15,18,22H,7,9-10H2,(H,19,20);5-7H,1-4H2. The Hall–Kier alpha value is -3.89. The van der Waals surface area contributed by atoms with Gasteiger partial charge in [0.1, 0.15) is 11.6 Å². The van der Waals surface area contributed by atoms with E-state index in [0.29, 0.717) is 23.5 Å². The van der Waals surface area contributed by atoms with Gasteiger partial charge in [0.2, 0.25) is 0 Å². The van der Waals surface area contributed by atoms with Gasteiger partial charge < -0.3 is 25.5 Å². The zero-order chi connectivity index (χ0) is 24.2. The number of hydrogen-bond acceptors (Lipinski definition) is 7. The van der Waals surface area contributed by atoms with Crippen LogP contribution >= 0.6 is 0 Å². The van der Waals surface area contributed by atoms with E-state index in [1.165, 1.54) is 36.6 Å². The first-order valence-electron chi connectivity index (χ1n) is 12.1. The van der Waals surface area contributed by atoms with Crippen LogP contribution in [0.1, 0.15) is 41.5 Å². The third-order valence-corrected chi connectivity index (χ3v) is 6.78. The summed E-state index contributed by atoms with van der Waals surface area (Å²) in [6.45, 7) is 1.76. The molecule has 2 unspecified atom stereocenters. The van der Waals surface area contributed by atoms with Gasteiger partial charge in [-0.05, 0) is 67.1 Å². The number of hydrogen-bond donors (Lipinski definition) is 3. The quantitative estimate of drug-likeness (QED) is 0.469. The van der Waals surface area contributed by atoms with Crippen LogP contribution in [-0.4, -0.2) is 41.6 Å². The molecule has 7 nitrogen and oxygen atoms in total. The van der Waals surface area contributed by atoms with Crippen molar-refractivity contribution < 1.29 is 9.84 Å². The molecule has 1 aliphatic carbocycles. The van der Waals surface area contributed by atoms with Gasteiger partial charge in [-0.25, -0.2) is 4.98 Å². The molecular weight excluding hydrogens is 438 g/mol. The Morgan fingerprint density at radius 1 is 1.06 bits per heavy atom. The van der Waals surface area contributed by atoms with Crippen molar-refractivity contribution in [3.8, 4) is 11.8 Å². The molecule has 0 radical (unpaired) electrons. The van der Waals surface area contributed by atoms with E-state index in [0.717, 1.165) is 43.0 Å². The fourth-order valence-corrected chi connectivity index (χ4v) is 4.95. The summed E-state index contributed by atoms with van der Waals surface area (Å²) in [5, 5.41) is 29.1. The zero-order valence-corrected chi connectivity index (χ0v) is 19.6. The number of phenols is 1. The number of nitrogens with zero attached hydrogens (tertiary/aromatic N) is 3. The first-order valence-corrected chi connectivity index (χ1v) is 12.1. The molecule has 0 spiro atoms. The Labute approximate surface area is 205 Å². The lowest BCUT2D eigenvalue weighted by atomic mass is 9.91. The van der Waals surface area contributed by atoms with Gasteiger partial charge in [-0.3, -0.25) is 0 Å². The number of rotatable bonds is 4. The maximum absolute atomic E-state index is 9.65. The number of piperidine rings is 1. The minimum absolute atomic E-state index is 0.167. The number of aryl methyl sites for hydroxylation is 2. The van der Waals surface area contributed by atoms with Gasteiger partial charge in [0, 0.05) is 55.3 Å². The summed E-state index contributed by atoms with van der Waals surface area (Å²) in [6, 6.07) is 17.0. The normalized spacial score (nSPS) is 19.8. The van der Waals surface area contributed by atoms with E-state index in [1.807, 2.05) is 24.3 Å². The van der Waals surface area contributed by atoms with E-state index < -0.39 is 0 Å². The smallest absolute Gasteiger partial charge is 0.130 e. The summed E-state index contributed by atoms with van der Waals surface area (Å²) in [7, 11) is 0. The molecule has 1 aromatic heterocycles. The number of phenolic OH excluding ortho intramolecular Hbond substituents is 1. The summed E-state index contributed by atoms with van der Waals surface area (Å²) in [6.07, 6.45) is 9.79. The fourth-order valence-electron chi connectivity index (χ4n) is 4.95. The van der Waals surface area contributed by atoms with E-state index in [2.05, 4.69) is 27.3 Å². The minimum Gasteiger partial charge on any atom is -0.508 e. The molecule has 3 saturated heterocycles. The molecule has 178 valence electrons. The molecule has 2 atom stereocenters. The van der Waals surface area contributed by atoms with Crippen LogP contribution in [0.25, 0.3) is 0 Å². The second-order valence-electron chi connectivity index (χ2n) is 9.27. The third-order valence-electron chi connectivity index (χ3n) is 6.78. The van der Waals surface area contributed by atoms with E-state index in [9.17, 15) is 5.11 Å². The van der Waals surface area contributed by atoms with Crippen molar-refractivity contribution in [2.45, 2.75) is 44.3 Å². The van der Waals surface area contributed by atoms with E-state index in [1.54, 1.807) is 24.4 Å². The van der Waals surface area contributed by atoms with Crippen LogP contribution < -0.4 is 10.2 Å². The van der Waals surface area contributed by atoms with Crippen molar-refractivity contribution in [3.63, 3.8) is 0 Å². The second kappa shape index (κ2) is 10.2. The largest absolute Gasteiger partial charge is 0.508 e. The molecule has 0 saturated carbocycles. The summed E-state index contributed by atoms with van der Waals surface area (Å²) in [5.41, 5.74) is 5.93. The Morgan fingerprint density at radius 2 is 1.83 bits per heavy atom. The van der Waals surface area contributed by atoms with Crippen LogP contribution in [0.2, 0.25) is 0 Å². The van der Waals surface area contributed by atoms with Gasteiger partial charge in [0.15, 0.2) is 0 Å². The number of ether oxygens (including phenoxy) is 1. The van der Waals surface area contributed by atoms with Gasteiger partial charge in [0.05, 0.1) is 29.5 Å². The summed E-state index contributed by atoms with van der Waals surface area (Å²) in [4.78, 5) is 6.70. The highest BCUT2D eigenvalue weighted by Crippen LogP contribution is 2.32. The molecule has 3 aliphatic heterocycles. The Morgan fingerprint density at radius 3 is 2.57 bits per heavy atom. The first-order chi connectivity index (χ1) is 17.1. The van der Waals surface area contributed by atoms with Gasteiger partial charge in [-0.15, -0.1) is 0 Å². The van der Waals surface area contributed by atoms with Crippen molar-refractivity contribution in [1.29, 1.82) is 10.7 Å². The van der Waals surface area contributed by atoms with Crippen LogP contribution in [0.5, 0.6) is 5.75 Å². The number of anilines is 3. The molecule has 2 aromatic carbocycles. The Bertz CT molecular complexity index is 1250. The number of nitrogens with one attached hydrogen (secondary N) is 2. The maximum Gasteiger partial charge on any atom is 0.130 e. The molecule has 7 heteroatoms. The average Bonchev–Trinajstić information content (AvgIpc) is 2.89. The highest BCUT2D eigenvalue weighted by Gasteiger charge is 2.38. The highest BCUT2D eigenvalue weighted by molar-refractivity contribution is 5.88. The third kappa shape index (κ3) is 5.28. The van der Waals surface area contributed by atoms with Crippen LogP contribution in [0.3, 0.4) is 0 Å². The van der Waals surface area contributed by atoms with Gasteiger partial charge >= 0.3 is 0 Å². The van der Waals surface area contributed by atoms with E-state index in [-0.39, 0.29) is 5.75 Å². The molecule has 7 rings (SSSR count). The first kappa shape index (κ1) is 22.9. The predicted molar refractivity (Wildman–Crippen MR) is 137 cm³/mol. The van der Waals surface area contributed by atoms with Gasteiger partial charge in [-0.2, -0.15) is 5.26 Å². The lowest BCUT2D eigenvalue weighted by molar-refractivity contribution is -0.133. The summed E-state index contributed by atoms with van der Waals surface area (Å²) >= 11 is 0. The molecule has 0 amide bonds. The number of morpholine rings is 1. The van der Waals surface area contributed by atoms with Crippen molar-refractivity contribution in [2.75, 3.05) is 23.3 Å². The minimum atomic E-state index is 0.167. The predicted octanol–water partition coefficient (Wildman–Crippen LogP) is 4.94. The van der Waals surface area contributed by atoms with Crippen LogP contribution in [0, 0.1) is 16.7 Å². The number of aromatic nitrogens is 1. The number of benzene rings is 2. The summed E-state index contributed by atoms with van der Waals surface area (Å²) in [5.74, 6) is 1.09. The molecule has 4 heterocycles. The Balaban J connectivity index is 0.000000178. The molecule has 3 aromatic rings. The molecule has 3 N–H and O–H groups in total. The van der Waals surface area contributed by atoms with E-state index in [4.69, 9.17) is 15.4 Å². The fraction of sp³-hybridized carbons (Fsp3) is 0.321. The lowest BCUT2D eigenvalue weighted by Crippen LogP contribution is -2.57. The monoisotopic (exact) mass is 467 g/mol. The van der Waals surface area contributed by atoms with Crippen molar-refractivity contribution >= 4 is 23.4 Å². The van der Waals surface area contributed by atoms with Crippen molar-refractivity contribution in [3.05, 3.63) is 77.0 Å². The molecule has 35 heavy (non-hydrogen) atoms. The number of fused-ring (bicyclic) bond motifs is 3. The molecular formula is C28H29N5O2. The van der Waals surface area contributed by atoms with Gasteiger partial charge in [-0.1, -0.05) is 6.07 Å². The van der Waals surface area contributed by atoms with Crippen LogP contribution in [-0.2, 0) is 17.6 Å². The lowest BCUT2D eigenvalue weighted by Gasteiger charge is -2.47. The number of nitriles is 1. The van der Waals surface area contributed by atoms with E-state index >= 15 is 0 Å². The van der Waals surface area contributed by atoms with Crippen LogP contribution in [0.4, 0.5) is 17.2 Å². The number of pyridine rings is 1. The highest BCUT2D eigenvalue weighted by atomic mass is 16.5. The van der Waals surface area contributed by atoms with Gasteiger partial charge in [0.25, 0.3) is 0 Å². The number of aromatic hydroxyl groups is 1. The van der Waals surface area contributed by atoms with Crippen molar-refractivity contribution in [2.24, 2.45) is 0 Å². The molecule has 3 fully saturated rings. The van der Waals surface area contributed by atoms with Crippen LogP contribution in [0.15, 0.2) is 54.7 Å². The SMILES string of the molecule is N#Cc1ccc2c(c1)CCCC2.N=Cc1ccc(O)cc1Nc1ccnc(N2CC3CC(C2)O3)c1.